The van der Waals surface area contributed by atoms with E-state index in [0.29, 0.717) is 24.3 Å². The maximum Gasteiger partial charge on any atom is 0.329 e. The van der Waals surface area contributed by atoms with E-state index in [4.69, 9.17) is 0 Å². The molecule has 0 atom stereocenters. The molecule has 0 radical (unpaired) electrons. The molecule has 1 amide bonds. The average Bonchev–Trinajstić information content (AvgIpc) is 3.36. The SMILES string of the molecule is Cn1c(=O)[nH]c(=O)c2[nH]c(CCC(=O)NC3CCN(CC4CCCC4)CC3)nc21. The number of nitrogens with one attached hydrogen (secondary N) is 3. The van der Waals surface area contributed by atoms with E-state index in [2.05, 4.69) is 25.2 Å². The predicted molar refractivity (Wildman–Crippen MR) is 110 cm³/mol. The third-order valence-electron chi connectivity index (χ3n) is 6.34. The fourth-order valence-corrected chi connectivity index (χ4v) is 4.62. The lowest BCUT2D eigenvalue weighted by Crippen LogP contribution is -2.45. The zero-order valence-corrected chi connectivity index (χ0v) is 17.0. The fraction of sp³-hybridized carbons (Fsp3) is 0.700. The Balaban J connectivity index is 1.25. The Labute approximate surface area is 168 Å². The first-order valence-electron chi connectivity index (χ1n) is 10.7. The van der Waals surface area contributed by atoms with Gasteiger partial charge in [-0.3, -0.25) is 19.1 Å². The number of likely N-dealkylation sites (tertiary alicyclic amines) is 1. The van der Waals surface area contributed by atoms with Gasteiger partial charge in [0.05, 0.1) is 0 Å². The molecule has 2 aliphatic rings. The van der Waals surface area contributed by atoms with E-state index in [1.807, 2.05) is 0 Å². The normalized spacial score (nSPS) is 19.2. The molecule has 158 valence electrons. The van der Waals surface area contributed by atoms with Gasteiger partial charge in [-0.1, -0.05) is 12.8 Å². The van der Waals surface area contributed by atoms with Crippen molar-refractivity contribution in [1.82, 2.24) is 29.7 Å². The third kappa shape index (κ3) is 4.60. The van der Waals surface area contributed by atoms with Gasteiger partial charge in [-0.2, -0.15) is 0 Å². The molecule has 0 aromatic carbocycles. The number of aromatic amines is 2. The van der Waals surface area contributed by atoms with Crippen molar-refractivity contribution < 1.29 is 4.79 Å². The topological polar surface area (TPSA) is 116 Å². The summed E-state index contributed by atoms with van der Waals surface area (Å²) >= 11 is 0. The van der Waals surface area contributed by atoms with E-state index < -0.39 is 11.2 Å². The summed E-state index contributed by atoms with van der Waals surface area (Å²) in [6, 6.07) is 0.238. The Morgan fingerprint density at radius 3 is 2.59 bits per heavy atom. The molecular weight excluding hydrogens is 372 g/mol. The second-order valence-electron chi connectivity index (χ2n) is 8.49. The summed E-state index contributed by atoms with van der Waals surface area (Å²) < 4.78 is 1.29. The number of hydrogen-bond acceptors (Lipinski definition) is 5. The summed E-state index contributed by atoms with van der Waals surface area (Å²) in [5.74, 6) is 1.41. The fourth-order valence-electron chi connectivity index (χ4n) is 4.62. The van der Waals surface area contributed by atoms with Crippen LogP contribution in [-0.2, 0) is 18.3 Å². The number of hydrogen-bond donors (Lipinski definition) is 3. The van der Waals surface area contributed by atoms with Gasteiger partial charge in [0.15, 0.2) is 5.65 Å². The van der Waals surface area contributed by atoms with Crippen LogP contribution in [0.25, 0.3) is 11.2 Å². The number of aryl methyl sites for hydroxylation is 2. The van der Waals surface area contributed by atoms with Gasteiger partial charge in [-0.25, -0.2) is 9.78 Å². The summed E-state index contributed by atoms with van der Waals surface area (Å²) in [6.07, 6.45) is 8.21. The van der Waals surface area contributed by atoms with Crippen molar-refractivity contribution in [2.75, 3.05) is 19.6 Å². The first-order chi connectivity index (χ1) is 14.0. The lowest BCUT2D eigenvalue weighted by atomic mass is 10.0. The maximum absolute atomic E-state index is 12.4. The molecule has 0 spiro atoms. The zero-order valence-electron chi connectivity index (χ0n) is 17.0. The molecular formula is C20H30N6O3. The van der Waals surface area contributed by atoms with Gasteiger partial charge in [0.25, 0.3) is 5.56 Å². The highest BCUT2D eigenvalue weighted by atomic mass is 16.2. The Bertz CT molecular complexity index is 976. The van der Waals surface area contributed by atoms with Crippen LogP contribution >= 0.6 is 0 Å². The molecule has 1 aliphatic heterocycles. The highest BCUT2D eigenvalue weighted by molar-refractivity contribution is 5.76. The van der Waals surface area contributed by atoms with E-state index in [9.17, 15) is 14.4 Å². The van der Waals surface area contributed by atoms with E-state index in [-0.39, 0.29) is 17.5 Å². The molecule has 1 saturated carbocycles. The molecule has 3 N–H and O–H groups in total. The molecule has 4 rings (SSSR count). The summed E-state index contributed by atoms with van der Waals surface area (Å²) in [5, 5.41) is 3.14. The highest BCUT2D eigenvalue weighted by Gasteiger charge is 2.24. The van der Waals surface area contributed by atoms with Crippen molar-refractivity contribution in [3.63, 3.8) is 0 Å². The number of carbonyl (C=O) groups excluding carboxylic acids is 1. The number of amides is 1. The van der Waals surface area contributed by atoms with Gasteiger partial charge in [-0.15, -0.1) is 0 Å². The molecule has 1 saturated heterocycles. The molecule has 2 aromatic heterocycles. The van der Waals surface area contributed by atoms with Crippen molar-refractivity contribution in [2.45, 2.75) is 57.4 Å². The largest absolute Gasteiger partial charge is 0.353 e. The van der Waals surface area contributed by atoms with Gasteiger partial charge in [0.2, 0.25) is 5.91 Å². The number of carbonyl (C=O) groups is 1. The molecule has 0 unspecified atom stereocenters. The summed E-state index contributed by atoms with van der Waals surface area (Å²) in [4.78, 5) is 47.9. The number of H-pyrrole nitrogens is 2. The van der Waals surface area contributed by atoms with Crippen molar-refractivity contribution in [2.24, 2.45) is 13.0 Å². The van der Waals surface area contributed by atoms with Crippen molar-refractivity contribution in [1.29, 1.82) is 0 Å². The van der Waals surface area contributed by atoms with Crippen molar-refractivity contribution in [3.8, 4) is 0 Å². The van der Waals surface area contributed by atoms with Crippen LogP contribution in [-0.4, -0.2) is 56.0 Å². The number of imidazole rings is 1. The summed E-state index contributed by atoms with van der Waals surface area (Å²) in [7, 11) is 1.55. The smallest absolute Gasteiger partial charge is 0.329 e. The molecule has 0 bridgehead atoms. The molecule has 29 heavy (non-hydrogen) atoms. The molecule has 9 nitrogen and oxygen atoms in total. The van der Waals surface area contributed by atoms with Gasteiger partial charge >= 0.3 is 5.69 Å². The Kier molecular flexibility index (Phi) is 5.84. The van der Waals surface area contributed by atoms with Crippen LogP contribution in [0.4, 0.5) is 0 Å². The van der Waals surface area contributed by atoms with Crippen LogP contribution in [0.3, 0.4) is 0 Å². The lowest BCUT2D eigenvalue weighted by molar-refractivity contribution is -0.122. The number of aromatic nitrogens is 4. The van der Waals surface area contributed by atoms with Crippen LogP contribution in [0.15, 0.2) is 9.59 Å². The first-order valence-corrected chi connectivity index (χ1v) is 10.7. The van der Waals surface area contributed by atoms with Gasteiger partial charge in [0, 0.05) is 45.6 Å². The van der Waals surface area contributed by atoms with Crippen LogP contribution in [0.5, 0.6) is 0 Å². The number of rotatable bonds is 6. The summed E-state index contributed by atoms with van der Waals surface area (Å²) in [6.45, 7) is 3.33. The predicted octanol–water partition coefficient (Wildman–Crippen LogP) is 0.653. The van der Waals surface area contributed by atoms with E-state index in [1.165, 1.54) is 36.8 Å². The second-order valence-corrected chi connectivity index (χ2v) is 8.49. The molecule has 3 heterocycles. The van der Waals surface area contributed by atoms with Gasteiger partial charge < -0.3 is 15.2 Å². The average molecular weight is 402 g/mol. The van der Waals surface area contributed by atoms with Crippen LogP contribution in [0, 0.1) is 5.92 Å². The van der Waals surface area contributed by atoms with Gasteiger partial charge in [0.1, 0.15) is 11.3 Å². The minimum absolute atomic E-state index is 0.00231. The maximum atomic E-state index is 12.4. The quantitative estimate of drug-likeness (QED) is 0.656. The zero-order chi connectivity index (χ0) is 20.4. The van der Waals surface area contributed by atoms with E-state index in [0.717, 1.165) is 31.8 Å². The molecule has 2 aromatic rings. The number of nitrogens with zero attached hydrogens (tertiary/aromatic N) is 3. The Hall–Kier alpha value is -2.42. The summed E-state index contributed by atoms with van der Waals surface area (Å²) in [5.41, 5.74) is -0.422. The molecule has 9 heteroatoms. The third-order valence-corrected chi connectivity index (χ3v) is 6.34. The van der Waals surface area contributed by atoms with E-state index in [1.54, 1.807) is 7.05 Å². The first kappa shape index (κ1) is 19.9. The highest BCUT2D eigenvalue weighted by Crippen LogP contribution is 2.26. The Morgan fingerprint density at radius 2 is 1.86 bits per heavy atom. The van der Waals surface area contributed by atoms with Crippen LogP contribution in [0.2, 0.25) is 0 Å². The monoisotopic (exact) mass is 402 g/mol. The molecule has 1 aliphatic carbocycles. The van der Waals surface area contributed by atoms with Crippen molar-refractivity contribution in [3.05, 3.63) is 26.7 Å². The van der Waals surface area contributed by atoms with Crippen LogP contribution < -0.4 is 16.6 Å². The Morgan fingerprint density at radius 1 is 1.14 bits per heavy atom. The van der Waals surface area contributed by atoms with Crippen molar-refractivity contribution >= 4 is 17.1 Å². The lowest BCUT2D eigenvalue weighted by Gasteiger charge is -2.33. The minimum atomic E-state index is -0.502. The number of fused-ring (bicyclic) bond motifs is 1. The van der Waals surface area contributed by atoms with E-state index >= 15 is 0 Å². The minimum Gasteiger partial charge on any atom is -0.353 e. The standard InChI is InChI=1S/C20H30N6O3/c1-25-18-17(19(28)24-20(25)29)22-15(23-18)6-7-16(27)21-14-8-10-26(11-9-14)12-13-4-2-3-5-13/h13-14H,2-12H2,1H3,(H,21,27)(H,22,23)(H,24,28,29). The van der Waals surface area contributed by atoms with Crippen LogP contribution in [0.1, 0.15) is 50.8 Å². The molecule has 2 fully saturated rings. The number of piperidine rings is 1. The van der Waals surface area contributed by atoms with Gasteiger partial charge in [-0.05, 0) is 31.6 Å². The second kappa shape index (κ2) is 8.52.